The van der Waals surface area contributed by atoms with Gasteiger partial charge in [0.15, 0.2) is 0 Å². The number of hydrogen-bond acceptors (Lipinski definition) is 2. The van der Waals surface area contributed by atoms with Gasteiger partial charge < -0.3 is 14.4 Å². The van der Waals surface area contributed by atoms with Gasteiger partial charge in [0.1, 0.15) is 0 Å². The molecule has 0 spiro atoms. The van der Waals surface area contributed by atoms with E-state index in [-0.39, 0.29) is 0 Å². The summed E-state index contributed by atoms with van der Waals surface area (Å²) in [5, 5.41) is 9.71. The van der Waals surface area contributed by atoms with Crippen molar-refractivity contribution in [2.45, 2.75) is 0 Å². The Morgan fingerprint density at radius 2 is 0.614 bits per heavy atom. The molecule has 0 N–H and O–H groups in total. The molecule has 0 aliphatic rings. The molecular formula is C54H37N3. The van der Waals surface area contributed by atoms with Crippen LogP contribution in [0.3, 0.4) is 0 Å². The Morgan fingerprint density at radius 3 is 1.04 bits per heavy atom. The number of anilines is 6. The highest BCUT2D eigenvalue weighted by atomic mass is 15.2. The third-order valence-corrected chi connectivity index (χ3v) is 11.3. The molecule has 0 radical (unpaired) electrons. The second kappa shape index (κ2) is 13.6. The minimum absolute atomic E-state index is 1.11. The zero-order valence-electron chi connectivity index (χ0n) is 31.2. The van der Waals surface area contributed by atoms with Gasteiger partial charge in [0, 0.05) is 49.7 Å². The van der Waals surface area contributed by atoms with Crippen molar-refractivity contribution in [3.63, 3.8) is 0 Å². The van der Waals surface area contributed by atoms with Gasteiger partial charge in [-0.25, -0.2) is 0 Å². The first-order valence-electron chi connectivity index (χ1n) is 19.5. The second-order valence-corrected chi connectivity index (χ2v) is 14.5. The van der Waals surface area contributed by atoms with Gasteiger partial charge in [-0.2, -0.15) is 0 Å². The van der Waals surface area contributed by atoms with E-state index < -0.39 is 0 Å². The van der Waals surface area contributed by atoms with Crippen molar-refractivity contribution in [1.29, 1.82) is 0 Å². The first-order valence-corrected chi connectivity index (χ1v) is 19.5. The van der Waals surface area contributed by atoms with E-state index in [1.54, 1.807) is 0 Å². The van der Waals surface area contributed by atoms with E-state index in [1.165, 1.54) is 43.1 Å². The zero-order chi connectivity index (χ0) is 37.7. The smallest absolute Gasteiger partial charge is 0.0568 e. The quantitative estimate of drug-likeness (QED) is 0.162. The number of para-hydroxylation sites is 4. The van der Waals surface area contributed by atoms with E-state index in [0.717, 1.165) is 50.8 Å². The number of fused-ring (bicyclic) bond motifs is 8. The molecule has 0 aliphatic carbocycles. The molecule has 0 atom stereocenters. The normalized spacial score (nSPS) is 11.5. The average Bonchev–Trinajstić information content (AvgIpc) is 3.62. The summed E-state index contributed by atoms with van der Waals surface area (Å²) in [6, 6.07) is 81.2. The van der Waals surface area contributed by atoms with Crippen LogP contribution in [0.15, 0.2) is 224 Å². The molecule has 0 unspecified atom stereocenters. The Bertz CT molecular complexity index is 2960. The molecule has 0 bridgehead atoms. The molecule has 268 valence electrons. The van der Waals surface area contributed by atoms with Gasteiger partial charge in [-0.3, -0.25) is 0 Å². The van der Waals surface area contributed by atoms with Crippen LogP contribution in [-0.4, -0.2) is 4.57 Å². The van der Waals surface area contributed by atoms with Crippen molar-refractivity contribution in [3.05, 3.63) is 224 Å². The van der Waals surface area contributed by atoms with Crippen LogP contribution in [0.5, 0.6) is 0 Å². The third kappa shape index (κ3) is 5.36. The molecule has 11 rings (SSSR count). The standard InChI is InChI=1S/C54H37N3/c1-5-22-39(23-6-1)55(40-24-7-2-8-25-40)49-36-51-53(46-33-17-15-31-44(46)49)54-47-34-18-16-32-45(47)50(56(41-26-9-3-10-27-41)42-28-11-4-12-29-42)37-52(54)57(51)48-35-19-21-38-20-13-14-30-43(38)48/h1-37H. The molecule has 1 heterocycles. The fourth-order valence-corrected chi connectivity index (χ4v) is 8.89. The molecule has 0 saturated carbocycles. The van der Waals surface area contributed by atoms with Crippen molar-refractivity contribution < 1.29 is 0 Å². The monoisotopic (exact) mass is 727 g/mol. The average molecular weight is 728 g/mol. The van der Waals surface area contributed by atoms with Crippen LogP contribution in [0.1, 0.15) is 0 Å². The van der Waals surface area contributed by atoms with Crippen molar-refractivity contribution in [3.8, 4) is 5.69 Å². The van der Waals surface area contributed by atoms with Crippen LogP contribution in [-0.2, 0) is 0 Å². The zero-order valence-corrected chi connectivity index (χ0v) is 31.2. The lowest BCUT2D eigenvalue weighted by atomic mass is 9.96. The summed E-state index contributed by atoms with van der Waals surface area (Å²) in [6.07, 6.45) is 0. The number of rotatable bonds is 7. The van der Waals surface area contributed by atoms with E-state index in [9.17, 15) is 0 Å². The van der Waals surface area contributed by atoms with Gasteiger partial charge in [-0.15, -0.1) is 0 Å². The fourth-order valence-electron chi connectivity index (χ4n) is 8.89. The molecule has 0 saturated heterocycles. The highest BCUT2D eigenvalue weighted by Crippen LogP contribution is 2.50. The molecule has 0 amide bonds. The maximum absolute atomic E-state index is 2.53. The second-order valence-electron chi connectivity index (χ2n) is 14.5. The Morgan fingerprint density at radius 1 is 0.281 bits per heavy atom. The van der Waals surface area contributed by atoms with Gasteiger partial charge in [0.25, 0.3) is 0 Å². The maximum atomic E-state index is 2.53. The Hall–Kier alpha value is -7.62. The van der Waals surface area contributed by atoms with Crippen molar-refractivity contribution in [1.82, 2.24) is 4.57 Å². The maximum Gasteiger partial charge on any atom is 0.0568 e. The van der Waals surface area contributed by atoms with Crippen LogP contribution in [0.25, 0.3) is 59.8 Å². The van der Waals surface area contributed by atoms with E-state index in [0.29, 0.717) is 0 Å². The predicted octanol–water partition coefficient (Wildman–Crippen LogP) is 15.2. The highest BCUT2D eigenvalue weighted by molar-refractivity contribution is 6.32. The lowest BCUT2D eigenvalue weighted by Crippen LogP contribution is -2.11. The molecule has 0 fully saturated rings. The van der Waals surface area contributed by atoms with E-state index in [4.69, 9.17) is 0 Å². The summed E-state index contributed by atoms with van der Waals surface area (Å²) >= 11 is 0. The Kier molecular flexibility index (Phi) is 7.82. The van der Waals surface area contributed by atoms with Gasteiger partial charge in [-0.1, -0.05) is 158 Å². The van der Waals surface area contributed by atoms with E-state index in [1.807, 2.05) is 0 Å². The van der Waals surface area contributed by atoms with Gasteiger partial charge >= 0.3 is 0 Å². The van der Waals surface area contributed by atoms with Crippen LogP contribution < -0.4 is 9.80 Å². The summed E-state index contributed by atoms with van der Waals surface area (Å²) in [7, 11) is 0. The fraction of sp³-hybridized carbons (Fsp3) is 0. The van der Waals surface area contributed by atoms with Crippen molar-refractivity contribution in [2.75, 3.05) is 9.80 Å². The van der Waals surface area contributed by atoms with Crippen LogP contribution in [0.2, 0.25) is 0 Å². The molecule has 3 heteroatoms. The lowest BCUT2D eigenvalue weighted by Gasteiger charge is -2.27. The third-order valence-electron chi connectivity index (χ3n) is 11.3. The largest absolute Gasteiger partial charge is 0.310 e. The van der Waals surface area contributed by atoms with Gasteiger partial charge in [-0.05, 0) is 82.9 Å². The number of aromatic nitrogens is 1. The molecule has 0 aliphatic heterocycles. The van der Waals surface area contributed by atoms with Gasteiger partial charge in [0.05, 0.1) is 28.1 Å². The van der Waals surface area contributed by atoms with E-state index in [2.05, 4.69) is 239 Å². The molecule has 10 aromatic carbocycles. The molecule has 3 nitrogen and oxygen atoms in total. The highest BCUT2D eigenvalue weighted by Gasteiger charge is 2.26. The van der Waals surface area contributed by atoms with Crippen LogP contribution in [0.4, 0.5) is 34.1 Å². The SMILES string of the molecule is c1ccc(N(c2ccccc2)c2cc3c(c4ccccc24)c2c4ccccc4c(N(c4ccccc4)c4ccccc4)cc2n3-c2cccc3ccccc23)cc1. The number of hydrogen-bond donors (Lipinski definition) is 0. The van der Waals surface area contributed by atoms with Crippen molar-refractivity contribution >= 4 is 88.2 Å². The number of benzene rings is 10. The van der Waals surface area contributed by atoms with E-state index >= 15 is 0 Å². The Labute approximate surface area is 331 Å². The lowest BCUT2D eigenvalue weighted by molar-refractivity contribution is 1.19. The molecule has 1 aromatic heterocycles. The summed E-state index contributed by atoms with van der Waals surface area (Å²) in [5.74, 6) is 0. The topological polar surface area (TPSA) is 11.4 Å². The van der Waals surface area contributed by atoms with Crippen molar-refractivity contribution in [2.24, 2.45) is 0 Å². The predicted molar refractivity (Wildman–Crippen MR) is 243 cm³/mol. The summed E-state index contributed by atoms with van der Waals surface area (Å²) in [6.45, 7) is 0. The van der Waals surface area contributed by atoms with Crippen LogP contribution in [0, 0.1) is 0 Å². The minimum Gasteiger partial charge on any atom is -0.310 e. The summed E-state index contributed by atoms with van der Waals surface area (Å²) in [5.41, 5.74) is 10.1. The summed E-state index contributed by atoms with van der Waals surface area (Å²) < 4.78 is 2.53. The molecular weight excluding hydrogens is 691 g/mol. The minimum atomic E-state index is 1.11. The molecule has 57 heavy (non-hydrogen) atoms. The molecule has 11 aromatic rings. The van der Waals surface area contributed by atoms with Crippen LogP contribution >= 0.6 is 0 Å². The first kappa shape index (κ1) is 32.8. The first-order chi connectivity index (χ1) is 28.3. The van der Waals surface area contributed by atoms with Gasteiger partial charge in [0.2, 0.25) is 0 Å². The summed E-state index contributed by atoms with van der Waals surface area (Å²) in [4.78, 5) is 4.81. The Balaban J connectivity index is 1.35. The number of nitrogens with zero attached hydrogens (tertiary/aromatic N) is 3.